The third-order valence-corrected chi connectivity index (χ3v) is 5.33. The molecule has 0 saturated carbocycles. The van der Waals surface area contributed by atoms with Crippen LogP contribution in [0.5, 0.6) is 5.75 Å². The van der Waals surface area contributed by atoms with Crippen LogP contribution in [0.4, 0.5) is 5.69 Å². The third-order valence-electron chi connectivity index (χ3n) is 5.01. The second-order valence-corrected chi connectivity index (χ2v) is 7.71. The normalized spacial score (nSPS) is 16.4. The van der Waals surface area contributed by atoms with E-state index in [0.717, 1.165) is 26.1 Å². The van der Waals surface area contributed by atoms with Crippen molar-refractivity contribution >= 4 is 29.1 Å². The fraction of sp³-hybridized carbons (Fsp3) is 0.364. The summed E-state index contributed by atoms with van der Waals surface area (Å²) in [5, 5.41) is 5.92. The number of rotatable bonds is 7. The molecule has 2 amide bonds. The summed E-state index contributed by atoms with van der Waals surface area (Å²) in [6, 6.07) is 13.5. The lowest BCUT2D eigenvalue weighted by Gasteiger charge is -2.17. The standard InChI is InChI=1S/C22H26ClN3O3/c1-15(27)25-20-11-21(29-2)18(10-19(20)23)22(28)24-12-17-8-9-26(14-17)13-16-6-4-3-5-7-16/h3-7,10-11,17H,8-9,12-14H2,1-2H3,(H,24,28)(H,25,27)/t17-/m0/s1. The molecule has 3 rings (SSSR count). The topological polar surface area (TPSA) is 70.7 Å². The van der Waals surface area contributed by atoms with Crippen molar-refractivity contribution < 1.29 is 14.3 Å². The Hall–Kier alpha value is -2.57. The highest BCUT2D eigenvalue weighted by Crippen LogP contribution is 2.31. The first-order chi connectivity index (χ1) is 14.0. The summed E-state index contributed by atoms with van der Waals surface area (Å²) in [7, 11) is 1.48. The Labute approximate surface area is 176 Å². The molecule has 1 aliphatic rings. The Kier molecular flexibility index (Phi) is 7.12. The number of ether oxygens (including phenoxy) is 1. The molecule has 1 saturated heterocycles. The van der Waals surface area contributed by atoms with Gasteiger partial charge in [0, 0.05) is 32.6 Å². The number of likely N-dealkylation sites (tertiary alicyclic amines) is 1. The maximum absolute atomic E-state index is 12.7. The number of benzene rings is 2. The Morgan fingerprint density at radius 2 is 2.00 bits per heavy atom. The molecule has 2 aromatic carbocycles. The summed E-state index contributed by atoms with van der Waals surface area (Å²) < 4.78 is 5.32. The van der Waals surface area contributed by atoms with Gasteiger partial charge in [0.2, 0.25) is 5.91 Å². The number of carbonyl (C=O) groups excluding carboxylic acids is 2. The monoisotopic (exact) mass is 415 g/mol. The molecule has 1 aliphatic heterocycles. The summed E-state index contributed by atoms with van der Waals surface area (Å²) in [4.78, 5) is 26.4. The maximum Gasteiger partial charge on any atom is 0.255 e. The molecule has 0 aromatic heterocycles. The van der Waals surface area contributed by atoms with Gasteiger partial charge in [-0.15, -0.1) is 0 Å². The van der Waals surface area contributed by atoms with Gasteiger partial charge in [0.25, 0.3) is 5.91 Å². The molecule has 0 spiro atoms. The Balaban J connectivity index is 1.57. The molecule has 7 heteroatoms. The van der Waals surface area contributed by atoms with E-state index in [4.69, 9.17) is 16.3 Å². The lowest BCUT2D eigenvalue weighted by Crippen LogP contribution is -2.31. The first-order valence-corrected chi connectivity index (χ1v) is 10.0. The van der Waals surface area contributed by atoms with E-state index >= 15 is 0 Å². The highest BCUT2D eigenvalue weighted by atomic mass is 35.5. The average molecular weight is 416 g/mol. The number of methoxy groups -OCH3 is 1. The quantitative estimate of drug-likeness (QED) is 0.725. The SMILES string of the molecule is COc1cc(NC(C)=O)c(Cl)cc1C(=O)NC[C@@H]1CCN(Cc2ccccc2)C1. The maximum atomic E-state index is 12.7. The van der Waals surface area contributed by atoms with Gasteiger partial charge in [-0.25, -0.2) is 0 Å². The van der Waals surface area contributed by atoms with Gasteiger partial charge >= 0.3 is 0 Å². The second kappa shape index (κ2) is 9.76. The summed E-state index contributed by atoms with van der Waals surface area (Å²) >= 11 is 6.21. The summed E-state index contributed by atoms with van der Waals surface area (Å²) in [5.41, 5.74) is 2.07. The van der Waals surface area contributed by atoms with E-state index < -0.39 is 0 Å². The van der Waals surface area contributed by atoms with Crippen LogP contribution in [0.15, 0.2) is 42.5 Å². The Bertz CT molecular complexity index is 873. The minimum Gasteiger partial charge on any atom is -0.496 e. The lowest BCUT2D eigenvalue weighted by atomic mass is 10.1. The van der Waals surface area contributed by atoms with Crippen molar-refractivity contribution in [2.45, 2.75) is 19.9 Å². The van der Waals surface area contributed by atoms with Crippen molar-refractivity contribution in [3.63, 3.8) is 0 Å². The van der Waals surface area contributed by atoms with Gasteiger partial charge < -0.3 is 15.4 Å². The lowest BCUT2D eigenvalue weighted by molar-refractivity contribution is -0.114. The highest BCUT2D eigenvalue weighted by Gasteiger charge is 2.24. The van der Waals surface area contributed by atoms with Crippen LogP contribution in [0.25, 0.3) is 0 Å². The van der Waals surface area contributed by atoms with E-state index in [1.54, 1.807) is 6.07 Å². The van der Waals surface area contributed by atoms with Crippen molar-refractivity contribution in [3.8, 4) is 5.75 Å². The Morgan fingerprint density at radius 3 is 2.69 bits per heavy atom. The third kappa shape index (κ3) is 5.71. The fourth-order valence-electron chi connectivity index (χ4n) is 3.58. The number of anilines is 1. The van der Waals surface area contributed by atoms with E-state index in [1.165, 1.54) is 25.7 Å². The zero-order chi connectivity index (χ0) is 20.8. The number of nitrogens with zero attached hydrogens (tertiary/aromatic N) is 1. The number of hydrogen-bond donors (Lipinski definition) is 2. The second-order valence-electron chi connectivity index (χ2n) is 7.30. The molecule has 0 bridgehead atoms. The van der Waals surface area contributed by atoms with Gasteiger partial charge in [-0.05, 0) is 30.5 Å². The molecule has 154 valence electrons. The molecule has 1 fully saturated rings. The highest BCUT2D eigenvalue weighted by molar-refractivity contribution is 6.34. The van der Waals surface area contributed by atoms with Crippen LogP contribution >= 0.6 is 11.6 Å². The number of hydrogen-bond acceptors (Lipinski definition) is 4. The van der Waals surface area contributed by atoms with E-state index in [9.17, 15) is 9.59 Å². The van der Waals surface area contributed by atoms with Crippen LogP contribution in [-0.4, -0.2) is 43.5 Å². The number of nitrogens with one attached hydrogen (secondary N) is 2. The molecule has 1 heterocycles. The van der Waals surface area contributed by atoms with Crippen LogP contribution in [0.3, 0.4) is 0 Å². The van der Waals surface area contributed by atoms with Crippen LogP contribution in [0, 0.1) is 5.92 Å². The predicted molar refractivity (Wildman–Crippen MR) is 114 cm³/mol. The van der Waals surface area contributed by atoms with Crippen molar-refractivity contribution in [2.75, 3.05) is 32.1 Å². The first kappa shape index (κ1) is 21.1. The van der Waals surface area contributed by atoms with Gasteiger partial charge in [0.15, 0.2) is 0 Å². The van der Waals surface area contributed by atoms with Crippen molar-refractivity contribution in [1.29, 1.82) is 0 Å². The zero-order valence-electron chi connectivity index (χ0n) is 16.7. The number of carbonyl (C=O) groups is 2. The van der Waals surface area contributed by atoms with Gasteiger partial charge in [0.05, 0.1) is 23.4 Å². The fourth-order valence-corrected chi connectivity index (χ4v) is 3.79. The van der Waals surface area contributed by atoms with Gasteiger partial charge in [-0.3, -0.25) is 14.5 Å². The summed E-state index contributed by atoms with van der Waals surface area (Å²) in [6.07, 6.45) is 1.05. The molecule has 0 unspecified atom stereocenters. The molecule has 0 aliphatic carbocycles. The smallest absolute Gasteiger partial charge is 0.255 e. The minimum atomic E-state index is -0.243. The number of amides is 2. The molecule has 0 radical (unpaired) electrons. The van der Waals surface area contributed by atoms with Crippen LogP contribution in [0.1, 0.15) is 29.3 Å². The zero-order valence-corrected chi connectivity index (χ0v) is 17.5. The summed E-state index contributed by atoms with van der Waals surface area (Å²) in [6.45, 7) is 4.90. The van der Waals surface area contributed by atoms with Crippen LogP contribution in [0.2, 0.25) is 5.02 Å². The Morgan fingerprint density at radius 1 is 1.24 bits per heavy atom. The molecule has 1 atom stereocenters. The first-order valence-electron chi connectivity index (χ1n) is 9.66. The van der Waals surface area contributed by atoms with E-state index in [1.807, 2.05) is 6.07 Å². The van der Waals surface area contributed by atoms with Crippen molar-refractivity contribution in [3.05, 3.63) is 58.6 Å². The molecule has 6 nitrogen and oxygen atoms in total. The van der Waals surface area contributed by atoms with E-state index in [-0.39, 0.29) is 11.8 Å². The van der Waals surface area contributed by atoms with Gasteiger partial charge in [0.1, 0.15) is 5.75 Å². The molecule has 2 N–H and O–H groups in total. The van der Waals surface area contributed by atoms with Crippen LogP contribution < -0.4 is 15.4 Å². The predicted octanol–water partition coefficient (Wildman–Crippen LogP) is 3.56. The van der Waals surface area contributed by atoms with Crippen molar-refractivity contribution in [1.82, 2.24) is 10.2 Å². The largest absolute Gasteiger partial charge is 0.496 e. The molecule has 2 aromatic rings. The van der Waals surface area contributed by atoms with Crippen molar-refractivity contribution in [2.24, 2.45) is 5.92 Å². The van der Waals surface area contributed by atoms with Gasteiger partial charge in [-0.2, -0.15) is 0 Å². The summed E-state index contributed by atoms with van der Waals surface area (Å²) in [5.74, 6) is 0.294. The van der Waals surface area contributed by atoms with Crippen LogP contribution in [-0.2, 0) is 11.3 Å². The number of halogens is 1. The molecular weight excluding hydrogens is 390 g/mol. The van der Waals surface area contributed by atoms with E-state index in [2.05, 4.69) is 39.8 Å². The molecule has 29 heavy (non-hydrogen) atoms. The average Bonchev–Trinajstić information content (AvgIpc) is 3.15. The van der Waals surface area contributed by atoms with E-state index in [0.29, 0.717) is 34.5 Å². The van der Waals surface area contributed by atoms with Gasteiger partial charge in [-0.1, -0.05) is 41.9 Å². The minimum absolute atomic E-state index is 0.236. The molecular formula is C22H26ClN3O3.